The Morgan fingerprint density at radius 3 is 2.37 bits per heavy atom. The predicted molar refractivity (Wildman–Crippen MR) is 117 cm³/mol. The molecule has 30 heavy (non-hydrogen) atoms. The van der Waals surface area contributed by atoms with Crippen LogP contribution < -0.4 is 9.47 Å². The molecular formula is C25H27NO4. The molecule has 1 aliphatic heterocycles. The van der Waals surface area contributed by atoms with Gasteiger partial charge < -0.3 is 14.6 Å². The second kappa shape index (κ2) is 8.76. The number of ether oxygens (including phenoxy) is 2. The first-order valence-corrected chi connectivity index (χ1v) is 10.3. The number of rotatable bonds is 6. The Bertz CT molecular complexity index is 1040. The van der Waals surface area contributed by atoms with Crippen molar-refractivity contribution < 1.29 is 19.4 Å². The van der Waals surface area contributed by atoms with Crippen LogP contribution in [0.2, 0.25) is 0 Å². The molecule has 1 N–H and O–H groups in total. The molecule has 4 rings (SSSR count). The highest BCUT2D eigenvalue weighted by Gasteiger charge is 2.31. The van der Waals surface area contributed by atoms with E-state index in [1.54, 1.807) is 14.2 Å². The Kier molecular flexibility index (Phi) is 5.91. The molecular weight excluding hydrogens is 378 g/mol. The molecule has 0 spiro atoms. The van der Waals surface area contributed by atoms with Crippen LogP contribution in [0, 0.1) is 5.92 Å². The minimum atomic E-state index is -0.695. The first-order valence-electron chi connectivity index (χ1n) is 10.3. The molecule has 1 heterocycles. The molecule has 5 heteroatoms. The summed E-state index contributed by atoms with van der Waals surface area (Å²) in [5.41, 5.74) is 2.23. The average molecular weight is 405 g/mol. The van der Waals surface area contributed by atoms with Gasteiger partial charge in [0.2, 0.25) is 0 Å². The Labute approximate surface area is 176 Å². The number of hydrogen-bond donors (Lipinski definition) is 1. The lowest BCUT2D eigenvalue weighted by Gasteiger charge is -2.37. The van der Waals surface area contributed by atoms with Crippen LogP contribution in [0.4, 0.5) is 0 Å². The first-order chi connectivity index (χ1) is 14.6. The Hall–Kier alpha value is -3.05. The van der Waals surface area contributed by atoms with Gasteiger partial charge in [0.15, 0.2) is 0 Å². The zero-order valence-corrected chi connectivity index (χ0v) is 17.4. The SMILES string of the molecule is COc1ccc(C(c2ccc3ccccc3c2)N2CCC(C(=O)O)CC2)c(OC)c1. The molecule has 1 aliphatic rings. The fraction of sp³-hybridized carbons (Fsp3) is 0.320. The van der Waals surface area contributed by atoms with Crippen molar-refractivity contribution in [3.63, 3.8) is 0 Å². The van der Waals surface area contributed by atoms with Gasteiger partial charge >= 0.3 is 5.97 Å². The molecule has 0 aromatic heterocycles. The molecule has 3 aromatic carbocycles. The van der Waals surface area contributed by atoms with Crippen molar-refractivity contribution >= 4 is 16.7 Å². The van der Waals surface area contributed by atoms with Crippen LogP contribution in [-0.2, 0) is 4.79 Å². The number of likely N-dealkylation sites (tertiary alicyclic amines) is 1. The molecule has 5 nitrogen and oxygen atoms in total. The number of piperidine rings is 1. The molecule has 0 saturated carbocycles. The summed E-state index contributed by atoms with van der Waals surface area (Å²) in [4.78, 5) is 13.8. The topological polar surface area (TPSA) is 59.0 Å². The van der Waals surface area contributed by atoms with E-state index in [-0.39, 0.29) is 12.0 Å². The van der Waals surface area contributed by atoms with Crippen LogP contribution in [0.15, 0.2) is 60.7 Å². The fourth-order valence-corrected chi connectivity index (χ4v) is 4.41. The number of carbonyl (C=O) groups is 1. The second-order valence-electron chi connectivity index (χ2n) is 7.77. The van der Waals surface area contributed by atoms with Gasteiger partial charge in [-0.15, -0.1) is 0 Å². The zero-order chi connectivity index (χ0) is 21.1. The molecule has 1 unspecified atom stereocenters. The van der Waals surface area contributed by atoms with Gasteiger partial charge in [-0.25, -0.2) is 0 Å². The maximum absolute atomic E-state index is 11.4. The van der Waals surface area contributed by atoms with Crippen molar-refractivity contribution in [3.05, 3.63) is 71.8 Å². The molecule has 0 amide bonds. The lowest BCUT2D eigenvalue weighted by atomic mass is 9.90. The first kappa shape index (κ1) is 20.2. The third kappa shape index (κ3) is 3.98. The van der Waals surface area contributed by atoms with Crippen LogP contribution in [0.1, 0.15) is 30.0 Å². The quantitative estimate of drug-likeness (QED) is 0.642. The molecule has 0 bridgehead atoms. The number of benzene rings is 3. The Morgan fingerprint density at radius 2 is 1.70 bits per heavy atom. The summed E-state index contributed by atoms with van der Waals surface area (Å²) < 4.78 is 11.1. The van der Waals surface area contributed by atoms with Gasteiger partial charge in [-0.2, -0.15) is 0 Å². The van der Waals surface area contributed by atoms with Crippen LogP contribution in [0.25, 0.3) is 10.8 Å². The smallest absolute Gasteiger partial charge is 0.306 e. The third-order valence-electron chi connectivity index (χ3n) is 6.07. The second-order valence-corrected chi connectivity index (χ2v) is 7.77. The van der Waals surface area contributed by atoms with Gasteiger partial charge in [0.25, 0.3) is 0 Å². The van der Waals surface area contributed by atoms with Gasteiger partial charge in [-0.1, -0.05) is 36.4 Å². The van der Waals surface area contributed by atoms with Gasteiger partial charge in [0, 0.05) is 11.6 Å². The van der Waals surface area contributed by atoms with E-state index >= 15 is 0 Å². The lowest BCUT2D eigenvalue weighted by Crippen LogP contribution is -2.39. The summed E-state index contributed by atoms with van der Waals surface area (Å²) in [6.45, 7) is 1.45. The number of methoxy groups -OCH3 is 2. The van der Waals surface area contributed by atoms with Crippen molar-refractivity contribution in [2.45, 2.75) is 18.9 Å². The van der Waals surface area contributed by atoms with Crippen molar-refractivity contribution in [1.82, 2.24) is 4.90 Å². The Morgan fingerprint density at radius 1 is 0.967 bits per heavy atom. The minimum absolute atomic E-state index is 0.0230. The van der Waals surface area contributed by atoms with Gasteiger partial charge in [0.1, 0.15) is 11.5 Å². The van der Waals surface area contributed by atoms with Crippen molar-refractivity contribution in [2.75, 3.05) is 27.3 Å². The van der Waals surface area contributed by atoms with E-state index in [4.69, 9.17) is 9.47 Å². The number of fused-ring (bicyclic) bond motifs is 1. The van der Waals surface area contributed by atoms with Crippen molar-refractivity contribution in [2.24, 2.45) is 5.92 Å². The fourth-order valence-electron chi connectivity index (χ4n) is 4.41. The summed E-state index contributed by atoms with van der Waals surface area (Å²) in [7, 11) is 3.32. The zero-order valence-electron chi connectivity index (χ0n) is 17.4. The highest BCUT2D eigenvalue weighted by molar-refractivity contribution is 5.83. The number of carboxylic acids is 1. The van der Waals surface area contributed by atoms with E-state index in [0.717, 1.165) is 30.2 Å². The van der Waals surface area contributed by atoms with Crippen LogP contribution in [0.5, 0.6) is 11.5 Å². The maximum Gasteiger partial charge on any atom is 0.306 e. The normalized spacial score (nSPS) is 16.3. The molecule has 0 radical (unpaired) electrons. The van der Waals surface area contributed by atoms with Crippen LogP contribution in [-0.4, -0.2) is 43.3 Å². The van der Waals surface area contributed by atoms with E-state index in [1.165, 1.54) is 16.3 Å². The van der Waals surface area contributed by atoms with Crippen LogP contribution >= 0.6 is 0 Å². The largest absolute Gasteiger partial charge is 0.497 e. The monoisotopic (exact) mass is 405 g/mol. The van der Waals surface area contributed by atoms with E-state index in [0.29, 0.717) is 12.8 Å². The molecule has 3 aromatic rings. The summed E-state index contributed by atoms with van der Waals surface area (Å²) in [6.07, 6.45) is 1.30. The van der Waals surface area contributed by atoms with E-state index < -0.39 is 5.97 Å². The minimum Gasteiger partial charge on any atom is -0.497 e. The van der Waals surface area contributed by atoms with Gasteiger partial charge in [0.05, 0.1) is 26.2 Å². The molecule has 156 valence electrons. The molecule has 1 fully saturated rings. The lowest BCUT2D eigenvalue weighted by molar-refractivity contribution is -0.143. The molecule has 1 saturated heterocycles. The third-order valence-corrected chi connectivity index (χ3v) is 6.07. The van der Waals surface area contributed by atoms with Crippen molar-refractivity contribution in [3.8, 4) is 11.5 Å². The summed E-state index contributed by atoms with van der Waals surface area (Å²) in [6, 6.07) is 20.8. The predicted octanol–water partition coefficient (Wildman–Crippen LogP) is 4.74. The van der Waals surface area contributed by atoms with Gasteiger partial charge in [-0.3, -0.25) is 9.69 Å². The number of aliphatic carboxylic acids is 1. The highest BCUT2D eigenvalue weighted by atomic mass is 16.5. The number of carboxylic acid groups (broad SMARTS) is 1. The summed E-state index contributed by atoms with van der Waals surface area (Å²) in [5.74, 6) is 0.556. The van der Waals surface area contributed by atoms with E-state index in [2.05, 4.69) is 41.3 Å². The van der Waals surface area contributed by atoms with E-state index in [9.17, 15) is 9.90 Å². The summed E-state index contributed by atoms with van der Waals surface area (Å²) >= 11 is 0. The molecule has 0 aliphatic carbocycles. The Balaban J connectivity index is 1.78. The van der Waals surface area contributed by atoms with Crippen LogP contribution in [0.3, 0.4) is 0 Å². The van der Waals surface area contributed by atoms with Gasteiger partial charge in [-0.05, 0) is 60.5 Å². The van der Waals surface area contributed by atoms with E-state index in [1.807, 2.05) is 24.3 Å². The number of hydrogen-bond acceptors (Lipinski definition) is 4. The van der Waals surface area contributed by atoms with Crippen molar-refractivity contribution in [1.29, 1.82) is 0 Å². The average Bonchev–Trinajstić information content (AvgIpc) is 2.79. The maximum atomic E-state index is 11.4. The highest BCUT2D eigenvalue weighted by Crippen LogP contribution is 2.39. The standard InChI is InChI=1S/C25H27NO4/c1-29-21-9-10-22(23(16-21)30-2)24(26-13-11-18(12-14-26)25(27)28)20-8-7-17-5-3-4-6-19(17)15-20/h3-10,15-16,18,24H,11-14H2,1-2H3,(H,27,28). The number of nitrogens with zero attached hydrogens (tertiary/aromatic N) is 1. The summed E-state index contributed by atoms with van der Waals surface area (Å²) in [5, 5.41) is 11.8. The molecule has 1 atom stereocenters.